The summed E-state index contributed by atoms with van der Waals surface area (Å²) >= 11 is 0. The average molecular weight is 342 g/mol. The zero-order chi connectivity index (χ0) is 17.9. The second-order valence-electron chi connectivity index (χ2n) is 6.51. The molecule has 4 aromatic rings. The molecule has 0 spiro atoms. The van der Waals surface area contributed by atoms with Gasteiger partial charge in [0.25, 0.3) is 0 Å². The molecule has 0 aliphatic carbocycles. The highest BCUT2D eigenvalue weighted by Crippen LogP contribution is 2.25. The van der Waals surface area contributed by atoms with Gasteiger partial charge in [-0.2, -0.15) is 0 Å². The summed E-state index contributed by atoms with van der Waals surface area (Å²) in [5.41, 5.74) is 6.75. The molecule has 0 atom stereocenters. The molecule has 0 fully saturated rings. The van der Waals surface area contributed by atoms with Crippen LogP contribution in [0.3, 0.4) is 0 Å². The predicted octanol–water partition coefficient (Wildman–Crippen LogP) is 4.92. The molecule has 0 bridgehead atoms. The molecule has 0 aliphatic heterocycles. The van der Waals surface area contributed by atoms with E-state index in [2.05, 4.69) is 70.8 Å². The highest BCUT2D eigenvalue weighted by molar-refractivity contribution is 5.93. The Bertz CT molecular complexity index is 985. The van der Waals surface area contributed by atoms with Gasteiger partial charge in [-0.25, -0.2) is 0 Å². The number of hydrogen-bond acceptors (Lipinski definition) is 4. The van der Waals surface area contributed by atoms with Crippen LogP contribution in [0.2, 0.25) is 0 Å². The molecule has 2 N–H and O–H groups in total. The predicted molar refractivity (Wildman–Crippen MR) is 110 cm³/mol. The molecule has 26 heavy (non-hydrogen) atoms. The first kappa shape index (κ1) is 16.3. The molecule has 130 valence electrons. The fourth-order valence-corrected chi connectivity index (χ4v) is 3.35. The quantitative estimate of drug-likeness (QED) is 0.505. The van der Waals surface area contributed by atoms with Crippen molar-refractivity contribution in [3.8, 4) is 0 Å². The van der Waals surface area contributed by atoms with Crippen LogP contribution < -0.4 is 10.6 Å². The first-order valence-corrected chi connectivity index (χ1v) is 8.90. The van der Waals surface area contributed by atoms with Crippen LogP contribution in [0.5, 0.6) is 0 Å². The molecular formula is C22H22N4. The largest absolute Gasteiger partial charge is 0.383 e. The van der Waals surface area contributed by atoms with E-state index in [4.69, 9.17) is 0 Å². The van der Waals surface area contributed by atoms with Crippen LogP contribution in [0.4, 0.5) is 11.4 Å². The van der Waals surface area contributed by atoms with E-state index >= 15 is 0 Å². The standard InChI is InChI=1S/C22H22N4/c1-15-5-3-7-17-19(9-11-25-21(15)17)23-13-14-24-20-10-12-26-22-16(2)6-4-8-18(20)22/h3-12H,13-14H2,1-2H3,(H,23,25)(H,24,26). The maximum Gasteiger partial charge on any atom is 0.0751 e. The van der Waals surface area contributed by atoms with E-state index in [1.165, 1.54) is 11.1 Å². The number of para-hydroxylation sites is 2. The summed E-state index contributed by atoms with van der Waals surface area (Å²) in [6.07, 6.45) is 3.73. The number of benzene rings is 2. The van der Waals surface area contributed by atoms with Gasteiger partial charge >= 0.3 is 0 Å². The maximum absolute atomic E-state index is 4.50. The maximum atomic E-state index is 4.50. The smallest absolute Gasteiger partial charge is 0.0751 e. The molecule has 0 amide bonds. The molecule has 4 nitrogen and oxygen atoms in total. The van der Waals surface area contributed by atoms with Crippen molar-refractivity contribution in [2.45, 2.75) is 13.8 Å². The van der Waals surface area contributed by atoms with Crippen molar-refractivity contribution in [2.75, 3.05) is 23.7 Å². The van der Waals surface area contributed by atoms with Gasteiger partial charge in [0, 0.05) is 47.6 Å². The van der Waals surface area contributed by atoms with Crippen LogP contribution in [0.25, 0.3) is 21.8 Å². The van der Waals surface area contributed by atoms with E-state index in [0.29, 0.717) is 0 Å². The van der Waals surface area contributed by atoms with E-state index in [1.54, 1.807) is 0 Å². The van der Waals surface area contributed by atoms with Crippen LogP contribution in [-0.2, 0) is 0 Å². The van der Waals surface area contributed by atoms with Crippen LogP contribution in [0.15, 0.2) is 60.9 Å². The monoisotopic (exact) mass is 342 g/mol. The Balaban J connectivity index is 1.47. The summed E-state index contributed by atoms with van der Waals surface area (Å²) in [5, 5.41) is 9.38. The normalized spacial score (nSPS) is 11.0. The van der Waals surface area contributed by atoms with E-state index in [9.17, 15) is 0 Å². The number of anilines is 2. The van der Waals surface area contributed by atoms with Crippen molar-refractivity contribution < 1.29 is 0 Å². The number of fused-ring (bicyclic) bond motifs is 2. The van der Waals surface area contributed by atoms with Gasteiger partial charge in [0.2, 0.25) is 0 Å². The summed E-state index contributed by atoms with van der Waals surface area (Å²) in [7, 11) is 0. The third-order valence-electron chi connectivity index (χ3n) is 4.70. The highest BCUT2D eigenvalue weighted by atomic mass is 15.0. The summed E-state index contributed by atoms with van der Waals surface area (Å²) in [6, 6.07) is 16.6. The summed E-state index contributed by atoms with van der Waals surface area (Å²) < 4.78 is 0. The van der Waals surface area contributed by atoms with Crippen molar-refractivity contribution in [3.05, 3.63) is 72.1 Å². The Kier molecular flexibility index (Phi) is 4.40. The van der Waals surface area contributed by atoms with E-state index in [1.807, 2.05) is 24.5 Å². The van der Waals surface area contributed by atoms with Crippen molar-refractivity contribution in [1.29, 1.82) is 0 Å². The number of rotatable bonds is 5. The van der Waals surface area contributed by atoms with Gasteiger partial charge in [0.15, 0.2) is 0 Å². The first-order chi connectivity index (χ1) is 12.7. The summed E-state index contributed by atoms with van der Waals surface area (Å²) in [6.45, 7) is 5.83. The van der Waals surface area contributed by atoms with Crippen molar-refractivity contribution in [1.82, 2.24) is 9.97 Å². The molecule has 2 aromatic heterocycles. The number of nitrogens with zero attached hydrogens (tertiary/aromatic N) is 2. The number of aryl methyl sites for hydroxylation is 2. The molecular weight excluding hydrogens is 320 g/mol. The number of hydrogen-bond donors (Lipinski definition) is 2. The zero-order valence-electron chi connectivity index (χ0n) is 15.1. The Morgan fingerprint density at radius 3 is 1.58 bits per heavy atom. The Labute approximate surface area is 153 Å². The van der Waals surface area contributed by atoms with Gasteiger partial charge in [-0.15, -0.1) is 0 Å². The highest BCUT2D eigenvalue weighted by Gasteiger charge is 2.05. The minimum atomic E-state index is 0.822. The summed E-state index contributed by atoms with van der Waals surface area (Å²) in [4.78, 5) is 8.99. The topological polar surface area (TPSA) is 49.8 Å². The Morgan fingerprint density at radius 1 is 0.654 bits per heavy atom. The lowest BCUT2D eigenvalue weighted by molar-refractivity contribution is 1.08. The van der Waals surface area contributed by atoms with Gasteiger partial charge in [-0.05, 0) is 37.1 Å². The molecule has 4 rings (SSSR count). The summed E-state index contributed by atoms with van der Waals surface area (Å²) in [5.74, 6) is 0. The van der Waals surface area contributed by atoms with Crippen LogP contribution in [-0.4, -0.2) is 23.1 Å². The van der Waals surface area contributed by atoms with Gasteiger partial charge in [0.05, 0.1) is 11.0 Å². The third-order valence-corrected chi connectivity index (χ3v) is 4.70. The fourth-order valence-electron chi connectivity index (χ4n) is 3.35. The van der Waals surface area contributed by atoms with E-state index in [0.717, 1.165) is 46.3 Å². The SMILES string of the molecule is Cc1cccc2c(NCCNc3ccnc4c(C)cccc34)ccnc12. The molecule has 0 saturated carbocycles. The van der Waals surface area contributed by atoms with Crippen molar-refractivity contribution in [3.63, 3.8) is 0 Å². The molecule has 0 radical (unpaired) electrons. The lowest BCUT2D eigenvalue weighted by atomic mass is 10.1. The molecule has 4 heteroatoms. The lowest BCUT2D eigenvalue weighted by Gasteiger charge is -2.13. The minimum absolute atomic E-state index is 0.822. The van der Waals surface area contributed by atoms with Crippen molar-refractivity contribution >= 4 is 33.2 Å². The second kappa shape index (κ2) is 7.00. The van der Waals surface area contributed by atoms with Gasteiger partial charge in [0.1, 0.15) is 0 Å². The van der Waals surface area contributed by atoms with Crippen LogP contribution >= 0.6 is 0 Å². The lowest BCUT2D eigenvalue weighted by Crippen LogP contribution is -2.14. The van der Waals surface area contributed by atoms with Crippen LogP contribution in [0, 0.1) is 13.8 Å². The number of nitrogens with one attached hydrogen (secondary N) is 2. The molecule has 0 aliphatic rings. The average Bonchev–Trinajstić information content (AvgIpc) is 2.66. The molecule has 0 saturated heterocycles. The Hall–Kier alpha value is -3.14. The molecule has 2 heterocycles. The fraction of sp³-hybridized carbons (Fsp3) is 0.182. The Morgan fingerprint density at radius 2 is 1.12 bits per heavy atom. The van der Waals surface area contributed by atoms with Crippen LogP contribution in [0.1, 0.15) is 11.1 Å². The second-order valence-corrected chi connectivity index (χ2v) is 6.51. The van der Waals surface area contributed by atoms with E-state index in [-0.39, 0.29) is 0 Å². The first-order valence-electron chi connectivity index (χ1n) is 8.90. The minimum Gasteiger partial charge on any atom is -0.383 e. The number of aromatic nitrogens is 2. The van der Waals surface area contributed by atoms with Gasteiger partial charge in [-0.3, -0.25) is 9.97 Å². The van der Waals surface area contributed by atoms with Crippen molar-refractivity contribution in [2.24, 2.45) is 0 Å². The van der Waals surface area contributed by atoms with E-state index < -0.39 is 0 Å². The third kappa shape index (κ3) is 3.06. The molecule has 0 unspecified atom stereocenters. The number of pyridine rings is 2. The van der Waals surface area contributed by atoms with Gasteiger partial charge in [-0.1, -0.05) is 36.4 Å². The van der Waals surface area contributed by atoms with Gasteiger partial charge < -0.3 is 10.6 Å². The zero-order valence-corrected chi connectivity index (χ0v) is 15.1. The molecule has 2 aromatic carbocycles.